The van der Waals surface area contributed by atoms with E-state index in [9.17, 15) is 0 Å². The number of rotatable bonds is 4. The molecule has 0 amide bonds. The Balaban J connectivity index is 2.14. The largest absolute Gasteiger partial charge is 0.489 e. The molecular weight excluding hydrogens is 262 g/mol. The van der Waals surface area contributed by atoms with Crippen LogP contribution in [0.1, 0.15) is 25.0 Å². The highest BCUT2D eigenvalue weighted by Gasteiger charge is 2.06. The normalized spacial score (nSPS) is 10.5. The van der Waals surface area contributed by atoms with Crippen LogP contribution in [-0.2, 0) is 6.54 Å². The average molecular weight is 276 g/mol. The molecule has 0 saturated carbocycles. The zero-order chi connectivity index (χ0) is 13.8. The van der Waals surface area contributed by atoms with Gasteiger partial charge in [-0.2, -0.15) is 10.4 Å². The number of hydrogen-bond donors (Lipinski definition) is 0. The lowest BCUT2D eigenvalue weighted by atomic mass is 10.2. The molecule has 0 radical (unpaired) electrons. The minimum atomic E-state index is 0.0904. The lowest BCUT2D eigenvalue weighted by Crippen LogP contribution is -2.06. The monoisotopic (exact) mass is 275 g/mol. The molecular formula is C14H14ClN3O. The molecule has 0 unspecified atom stereocenters. The van der Waals surface area contributed by atoms with Crippen LogP contribution in [0.2, 0.25) is 5.02 Å². The van der Waals surface area contributed by atoms with Gasteiger partial charge in [0.1, 0.15) is 11.8 Å². The number of hydrogen-bond acceptors (Lipinski definition) is 3. The van der Waals surface area contributed by atoms with E-state index < -0.39 is 0 Å². The van der Waals surface area contributed by atoms with Crippen LogP contribution < -0.4 is 4.74 Å². The summed E-state index contributed by atoms with van der Waals surface area (Å²) in [6, 6.07) is 7.70. The van der Waals surface area contributed by atoms with Gasteiger partial charge in [-0.3, -0.25) is 4.68 Å². The molecule has 0 saturated heterocycles. The molecule has 0 atom stereocenters. The molecule has 1 aromatic heterocycles. The minimum absolute atomic E-state index is 0.0904. The molecule has 0 aliphatic heterocycles. The van der Waals surface area contributed by atoms with E-state index in [0.29, 0.717) is 22.9 Å². The summed E-state index contributed by atoms with van der Waals surface area (Å²) in [6.45, 7) is 4.48. The van der Waals surface area contributed by atoms with E-state index in [1.54, 1.807) is 10.9 Å². The Kier molecular flexibility index (Phi) is 4.08. The number of nitrogens with zero attached hydrogens (tertiary/aromatic N) is 3. The van der Waals surface area contributed by atoms with E-state index >= 15 is 0 Å². The second kappa shape index (κ2) is 5.77. The first kappa shape index (κ1) is 13.4. The van der Waals surface area contributed by atoms with Crippen LogP contribution in [0.5, 0.6) is 5.75 Å². The summed E-state index contributed by atoms with van der Waals surface area (Å²) in [5, 5.41) is 13.4. The van der Waals surface area contributed by atoms with Crippen LogP contribution >= 0.6 is 11.6 Å². The van der Waals surface area contributed by atoms with E-state index in [1.807, 2.05) is 38.1 Å². The van der Waals surface area contributed by atoms with Gasteiger partial charge in [0.15, 0.2) is 0 Å². The van der Waals surface area contributed by atoms with Gasteiger partial charge in [-0.25, -0.2) is 0 Å². The zero-order valence-corrected chi connectivity index (χ0v) is 11.6. The Morgan fingerprint density at radius 1 is 1.47 bits per heavy atom. The van der Waals surface area contributed by atoms with Crippen molar-refractivity contribution in [2.45, 2.75) is 26.5 Å². The minimum Gasteiger partial charge on any atom is -0.489 e. The molecule has 5 heteroatoms. The highest BCUT2D eigenvalue weighted by Crippen LogP contribution is 2.26. The van der Waals surface area contributed by atoms with Crippen molar-refractivity contribution in [1.82, 2.24) is 9.78 Å². The van der Waals surface area contributed by atoms with Crippen LogP contribution in [-0.4, -0.2) is 15.9 Å². The molecule has 0 fully saturated rings. The fourth-order valence-electron chi connectivity index (χ4n) is 1.69. The second-order valence-corrected chi connectivity index (χ2v) is 4.88. The van der Waals surface area contributed by atoms with Crippen molar-refractivity contribution >= 4 is 11.6 Å². The lowest BCUT2D eigenvalue weighted by Gasteiger charge is -2.12. The summed E-state index contributed by atoms with van der Waals surface area (Å²) in [6.07, 6.45) is 3.33. The summed E-state index contributed by atoms with van der Waals surface area (Å²) >= 11 is 6.17. The maximum atomic E-state index is 8.74. The van der Waals surface area contributed by atoms with Gasteiger partial charge in [0, 0.05) is 6.20 Å². The lowest BCUT2D eigenvalue weighted by molar-refractivity contribution is 0.242. The van der Waals surface area contributed by atoms with Gasteiger partial charge in [0.25, 0.3) is 0 Å². The van der Waals surface area contributed by atoms with Crippen LogP contribution in [0, 0.1) is 11.3 Å². The maximum absolute atomic E-state index is 8.74. The SMILES string of the molecule is CC(C)Oc1ccc(Cn2cc(C#N)cn2)cc1Cl. The quantitative estimate of drug-likeness (QED) is 0.861. The third-order valence-corrected chi connectivity index (χ3v) is 2.76. The van der Waals surface area contributed by atoms with Gasteiger partial charge in [-0.05, 0) is 31.5 Å². The molecule has 1 aromatic carbocycles. The molecule has 0 spiro atoms. The smallest absolute Gasteiger partial charge is 0.138 e. The third-order valence-electron chi connectivity index (χ3n) is 2.47. The van der Waals surface area contributed by atoms with Crippen LogP contribution in [0.3, 0.4) is 0 Å². The number of ether oxygens (including phenoxy) is 1. The van der Waals surface area contributed by atoms with Crippen molar-refractivity contribution in [2.24, 2.45) is 0 Å². The van der Waals surface area contributed by atoms with E-state index in [2.05, 4.69) is 5.10 Å². The summed E-state index contributed by atoms with van der Waals surface area (Å²) < 4.78 is 7.28. The van der Waals surface area contributed by atoms with Gasteiger partial charge >= 0.3 is 0 Å². The summed E-state index contributed by atoms with van der Waals surface area (Å²) in [5.41, 5.74) is 1.56. The Morgan fingerprint density at radius 2 is 2.26 bits per heavy atom. The molecule has 0 aliphatic carbocycles. The number of benzene rings is 1. The standard InChI is InChI=1S/C14H14ClN3O/c1-10(2)19-14-4-3-11(5-13(14)15)8-18-9-12(6-16)7-17-18/h3-5,7,9-10H,8H2,1-2H3. The second-order valence-electron chi connectivity index (χ2n) is 4.47. The van der Waals surface area contributed by atoms with E-state index in [1.165, 1.54) is 6.20 Å². The average Bonchev–Trinajstić information content (AvgIpc) is 2.80. The van der Waals surface area contributed by atoms with Crippen molar-refractivity contribution in [1.29, 1.82) is 5.26 Å². The van der Waals surface area contributed by atoms with Crippen molar-refractivity contribution < 1.29 is 4.74 Å². The van der Waals surface area contributed by atoms with Crippen molar-refractivity contribution in [3.05, 3.63) is 46.7 Å². The van der Waals surface area contributed by atoms with Gasteiger partial charge < -0.3 is 4.74 Å². The van der Waals surface area contributed by atoms with Crippen molar-refractivity contribution in [3.8, 4) is 11.8 Å². The fraction of sp³-hybridized carbons (Fsp3) is 0.286. The first-order chi connectivity index (χ1) is 9.08. The number of halogens is 1. The Bertz CT molecular complexity index is 613. The molecule has 19 heavy (non-hydrogen) atoms. The van der Waals surface area contributed by atoms with Gasteiger partial charge in [0.2, 0.25) is 0 Å². The summed E-state index contributed by atoms with van der Waals surface area (Å²) in [7, 11) is 0. The van der Waals surface area contributed by atoms with Crippen LogP contribution in [0.25, 0.3) is 0 Å². The highest BCUT2D eigenvalue weighted by molar-refractivity contribution is 6.32. The molecule has 2 aromatic rings. The summed E-state index contributed by atoms with van der Waals surface area (Å²) in [5.74, 6) is 0.679. The molecule has 0 bridgehead atoms. The van der Waals surface area contributed by atoms with Crippen molar-refractivity contribution in [3.63, 3.8) is 0 Å². The van der Waals surface area contributed by atoms with Gasteiger partial charge in [0.05, 0.1) is 29.4 Å². The third kappa shape index (κ3) is 3.49. The summed E-state index contributed by atoms with van der Waals surface area (Å²) in [4.78, 5) is 0. The Morgan fingerprint density at radius 3 is 2.84 bits per heavy atom. The fourth-order valence-corrected chi connectivity index (χ4v) is 1.93. The van der Waals surface area contributed by atoms with Crippen molar-refractivity contribution in [2.75, 3.05) is 0 Å². The molecule has 0 N–H and O–H groups in total. The Labute approximate surface area is 117 Å². The number of aromatic nitrogens is 2. The topological polar surface area (TPSA) is 50.8 Å². The van der Waals surface area contributed by atoms with E-state index in [-0.39, 0.29) is 6.10 Å². The maximum Gasteiger partial charge on any atom is 0.138 e. The Hall–Kier alpha value is -1.99. The molecule has 0 aliphatic rings. The molecule has 98 valence electrons. The van der Waals surface area contributed by atoms with Gasteiger partial charge in [-0.15, -0.1) is 0 Å². The molecule has 1 heterocycles. The zero-order valence-electron chi connectivity index (χ0n) is 10.8. The predicted octanol–water partition coefficient (Wildman–Crippen LogP) is 3.24. The van der Waals surface area contributed by atoms with Crippen LogP contribution in [0.15, 0.2) is 30.6 Å². The first-order valence-electron chi connectivity index (χ1n) is 5.96. The predicted molar refractivity (Wildman–Crippen MR) is 73.3 cm³/mol. The van der Waals surface area contributed by atoms with E-state index in [0.717, 1.165) is 5.56 Å². The highest BCUT2D eigenvalue weighted by atomic mass is 35.5. The molecule has 2 rings (SSSR count). The van der Waals surface area contributed by atoms with E-state index in [4.69, 9.17) is 21.6 Å². The first-order valence-corrected chi connectivity index (χ1v) is 6.34. The van der Waals surface area contributed by atoms with Crippen LogP contribution in [0.4, 0.5) is 0 Å². The molecule has 4 nitrogen and oxygen atoms in total. The van der Waals surface area contributed by atoms with Gasteiger partial charge in [-0.1, -0.05) is 17.7 Å². The number of nitriles is 1.